The van der Waals surface area contributed by atoms with Gasteiger partial charge in [-0.2, -0.15) is 4.98 Å². The summed E-state index contributed by atoms with van der Waals surface area (Å²) in [5.74, 6) is 0.347. The molecule has 0 aliphatic carbocycles. The van der Waals surface area contributed by atoms with Crippen LogP contribution >= 0.6 is 0 Å². The summed E-state index contributed by atoms with van der Waals surface area (Å²) in [6.45, 7) is 2.02. The van der Waals surface area contributed by atoms with E-state index in [1.165, 1.54) is 24.3 Å². The molecule has 2 aromatic heterocycles. The molecule has 0 fully saturated rings. The molecule has 0 bridgehead atoms. The minimum atomic E-state index is -0.560. The Balaban J connectivity index is 1.52. The lowest BCUT2D eigenvalue weighted by Crippen LogP contribution is -2.35. The highest BCUT2D eigenvalue weighted by molar-refractivity contribution is 5.82. The van der Waals surface area contributed by atoms with Crippen LogP contribution in [-0.4, -0.2) is 19.7 Å². The summed E-state index contributed by atoms with van der Waals surface area (Å²) >= 11 is 0. The van der Waals surface area contributed by atoms with Crippen molar-refractivity contribution in [1.82, 2.24) is 19.7 Å². The van der Waals surface area contributed by atoms with Crippen LogP contribution in [0.5, 0.6) is 0 Å². The highest BCUT2D eigenvalue weighted by Gasteiger charge is 2.14. The molecule has 0 radical (unpaired) electrons. The number of rotatable bonds is 4. The summed E-state index contributed by atoms with van der Waals surface area (Å²) in [7, 11) is 0. The number of nitrogens with one attached hydrogen (secondary N) is 1. The number of hydrogen-bond acceptors (Lipinski definition) is 5. The average molecular weight is 428 g/mol. The van der Waals surface area contributed by atoms with Crippen molar-refractivity contribution in [3.05, 3.63) is 105 Å². The van der Waals surface area contributed by atoms with Crippen LogP contribution in [0.2, 0.25) is 0 Å². The first-order valence-electron chi connectivity index (χ1n) is 9.90. The molecule has 0 spiro atoms. The van der Waals surface area contributed by atoms with Gasteiger partial charge in [0.25, 0.3) is 11.4 Å². The molecule has 0 amide bonds. The van der Waals surface area contributed by atoms with E-state index < -0.39 is 11.2 Å². The Morgan fingerprint density at radius 1 is 1.00 bits per heavy atom. The van der Waals surface area contributed by atoms with Gasteiger partial charge in [0.1, 0.15) is 5.82 Å². The number of nitrogens with zero attached hydrogens (tertiary/aromatic N) is 3. The number of benzene rings is 3. The summed E-state index contributed by atoms with van der Waals surface area (Å²) in [6, 6.07) is 18.3. The molecular weight excluding hydrogens is 411 g/mol. The van der Waals surface area contributed by atoms with Gasteiger partial charge in [-0.3, -0.25) is 9.36 Å². The normalized spacial score (nSPS) is 11.2. The first-order valence-corrected chi connectivity index (χ1v) is 9.90. The van der Waals surface area contributed by atoms with E-state index >= 15 is 0 Å². The first kappa shape index (κ1) is 19.6. The Kier molecular flexibility index (Phi) is 4.74. The summed E-state index contributed by atoms with van der Waals surface area (Å²) in [5.41, 5.74) is 2.50. The van der Waals surface area contributed by atoms with Crippen LogP contribution in [0.4, 0.5) is 4.39 Å². The number of halogens is 1. The summed E-state index contributed by atoms with van der Waals surface area (Å²) in [6.07, 6.45) is 0. The number of H-pyrrole nitrogens is 1. The van der Waals surface area contributed by atoms with Crippen molar-refractivity contribution in [2.45, 2.75) is 13.5 Å². The summed E-state index contributed by atoms with van der Waals surface area (Å²) < 4.78 is 19.6. The molecule has 0 saturated carbocycles. The van der Waals surface area contributed by atoms with Gasteiger partial charge in [-0.15, -0.1) is 0 Å². The lowest BCUT2D eigenvalue weighted by atomic mass is 10.1. The Bertz CT molecular complexity index is 1570. The Morgan fingerprint density at radius 3 is 2.59 bits per heavy atom. The van der Waals surface area contributed by atoms with Gasteiger partial charge >= 0.3 is 5.69 Å². The SMILES string of the molecule is Cc1cccc(-c2noc(-c3ccc4c(=O)n(Cc5ccc(F)cc5)c(=O)[nH]c4c3)n2)c1. The van der Waals surface area contributed by atoms with Gasteiger partial charge in [-0.1, -0.05) is 41.1 Å². The highest BCUT2D eigenvalue weighted by atomic mass is 19.1. The molecule has 158 valence electrons. The third-order valence-electron chi connectivity index (χ3n) is 5.19. The van der Waals surface area contributed by atoms with Gasteiger partial charge in [0.15, 0.2) is 0 Å². The van der Waals surface area contributed by atoms with Gasteiger partial charge in [-0.25, -0.2) is 9.18 Å². The van der Waals surface area contributed by atoms with Crippen molar-refractivity contribution in [3.63, 3.8) is 0 Å². The van der Waals surface area contributed by atoms with Crippen LogP contribution in [-0.2, 0) is 6.54 Å². The first-order chi connectivity index (χ1) is 15.5. The second-order valence-corrected chi connectivity index (χ2v) is 7.50. The maximum absolute atomic E-state index is 13.1. The summed E-state index contributed by atoms with van der Waals surface area (Å²) in [4.78, 5) is 32.7. The second-order valence-electron chi connectivity index (χ2n) is 7.50. The van der Waals surface area contributed by atoms with Crippen molar-refractivity contribution >= 4 is 10.9 Å². The van der Waals surface area contributed by atoms with Crippen molar-refractivity contribution in [1.29, 1.82) is 0 Å². The topological polar surface area (TPSA) is 93.8 Å². The largest absolute Gasteiger partial charge is 0.334 e. The number of aryl methyl sites for hydroxylation is 1. The molecule has 0 unspecified atom stereocenters. The van der Waals surface area contributed by atoms with Gasteiger partial charge in [0.05, 0.1) is 17.4 Å². The zero-order chi connectivity index (χ0) is 22.2. The smallest absolute Gasteiger partial charge is 0.329 e. The van der Waals surface area contributed by atoms with Gasteiger partial charge in [-0.05, 0) is 48.9 Å². The fourth-order valence-corrected chi connectivity index (χ4v) is 3.55. The molecule has 8 heteroatoms. The third-order valence-corrected chi connectivity index (χ3v) is 5.19. The number of hydrogen-bond donors (Lipinski definition) is 1. The van der Waals surface area contributed by atoms with Crippen LogP contribution in [0.15, 0.2) is 80.8 Å². The molecule has 3 aromatic carbocycles. The standard InChI is InChI=1S/C24H17FN4O3/c1-14-3-2-4-16(11-14)21-27-22(32-28-21)17-7-10-19-20(12-17)26-24(31)29(23(19)30)13-15-5-8-18(25)9-6-15/h2-12H,13H2,1H3,(H,26,31). The fraction of sp³-hybridized carbons (Fsp3) is 0.0833. The molecule has 32 heavy (non-hydrogen) atoms. The van der Waals surface area contributed by atoms with Crippen molar-refractivity contribution < 1.29 is 8.91 Å². The van der Waals surface area contributed by atoms with Crippen LogP contribution in [0, 0.1) is 12.7 Å². The van der Waals surface area contributed by atoms with E-state index in [0.29, 0.717) is 27.9 Å². The van der Waals surface area contributed by atoms with E-state index in [-0.39, 0.29) is 18.3 Å². The van der Waals surface area contributed by atoms with Crippen LogP contribution in [0.25, 0.3) is 33.7 Å². The molecule has 0 saturated heterocycles. The van der Waals surface area contributed by atoms with E-state index in [4.69, 9.17) is 4.52 Å². The number of fused-ring (bicyclic) bond motifs is 1. The third kappa shape index (κ3) is 3.62. The molecule has 1 N–H and O–H groups in total. The quantitative estimate of drug-likeness (QED) is 0.469. The molecule has 0 atom stereocenters. The van der Waals surface area contributed by atoms with Gasteiger partial charge < -0.3 is 9.51 Å². The molecule has 5 aromatic rings. The van der Waals surface area contributed by atoms with E-state index in [2.05, 4.69) is 15.1 Å². The van der Waals surface area contributed by atoms with Crippen LogP contribution < -0.4 is 11.2 Å². The second kappa shape index (κ2) is 7.73. The Hall–Kier alpha value is -4.33. The molecule has 2 heterocycles. The van der Waals surface area contributed by atoms with E-state index in [0.717, 1.165) is 15.7 Å². The Labute approximate surface area is 180 Å². The zero-order valence-electron chi connectivity index (χ0n) is 17.0. The van der Waals surface area contributed by atoms with E-state index in [1.807, 2.05) is 31.2 Å². The van der Waals surface area contributed by atoms with Crippen LogP contribution in [0.3, 0.4) is 0 Å². The van der Waals surface area contributed by atoms with E-state index in [1.54, 1.807) is 18.2 Å². The highest BCUT2D eigenvalue weighted by Crippen LogP contribution is 2.24. The summed E-state index contributed by atoms with van der Waals surface area (Å²) in [5, 5.41) is 4.38. The molecule has 5 rings (SSSR count). The van der Waals surface area contributed by atoms with Crippen molar-refractivity contribution in [2.24, 2.45) is 0 Å². The molecular formula is C24H17FN4O3. The monoisotopic (exact) mass is 428 g/mol. The van der Waals surface area contributed by atoms with Crippen molar-refractivity contribution in [3.8, 4) is 22.8 Å². The zero-order valence-corrected chi connectivity index (χ0v) is 17.0. The van der Waals surface area contributed by atoms with Crippen molar-refractivity contribution in [2.75, 3.05) is 0 Å². The van der Waals surface area contributed by atoms with Crippen LogP contribution in [0.1, 0.15) is 11.1 Å². The maximum atomic E-state index is 13.1. The average Bonchev–Trinajstić information content (AvgIpc) is 3.28. The number of aromatic nitrogens is 4. The molecule has 0 aliphatic heterocycles. The lowest BCUT2D eigenvalue weighted by molar-refractivity contribution is 0.432. The molecule has 0 aliphatic rings. The predicted molar refractivity (Wildman–Crippen MR) is 118 cm³/mol. The predicted octanol–water partition coefficient (Wildman–Crippen LogP) is 3.90. The van der Waals surface area contributed by atoms with Gasteiger partial charge in [0.2, 0.25) is 5.82 Å². The van der Waals surface area contributed by atoms with E-state index in [9.17, 15) is 14.0 Å². The molecule has 7 nitrogen and oxygen atoms in total. The minimum absolute atomic E-state index is 0.0374. The minimum Gasteiger partial charge on any atom is -0.334 e. The lowest BCUT2D eigenvalue weighted by Gasteiger charge is -2.07. The Morgan fingerprint density at radius 2 is 1.81 bits per heavy atom. The maximum Gasteiger partial charge on any atom is 0.329 e. The number of aromatic amines is 1. The van der Waals surface area contributed by atoms with Gasteiger partial charge in [0, 0.05) is 11.1 Å². The fourth-order valence-electron chi connectivity index (χ4n) is 3.55.